The maximum atomic E-state index is 13.8. The van der Waals surface area contributed by atoms with Crippen molar-refractivity contribution in [1.29, 1.82) is 0 Å². The molecule has 0 saturated heterocycles. The predicted octanol–water partition coefficient (Wildman–Crippen LogP) is 2.66. The van der Waals surface area contributed by atoms with Crippen molar-refractivity contribution in [3.05, 3.63) is 29.1 Å². The van der Waals surface area contributed by atoms with Gasteiger partial charge in [-0.25, -0.2) is 4.39 Å². The van der Waals surface area contributed by atoms with Crippen molar-refractivity contribution in [3.8, 4) is 5.75 Å². The van der Waals surface area contributed by atoms with Gasteiger partial charge in [-0.05, 0) is 23.6 Å². The second-order valence-electron chi connectivity index (χ2n) is 4.43. The lowest BCUT2D eigenvalue weighted by Gasteiger charge is -2.16. The van der Waals surface area contributed by atoms with Gasteiger partial charge in [0.25, 0.3) is 5.91 Å². The Bertz CT molecular complexity index is 428. The molecule has 0 N–H and O–H groups in total. The summed E-state index contributed by atoms with van der Waals surface area (Å²) in [7, 11) is 4.72. The number of rotatable bonds is 3. The van der Waals surface area contributed by atoms with Gasteiger partial charge in [-0.15, -0.1) is 0 Å². The van der Waals surface area contributed by atoms with Crippen LogP contribution in [0, 0.1) is 5.82 Å². The SMILES string of the molecule is COc1cc(C(C)C)c(F)cc1C(=O)N(C)C. The zero-order valence-corrected chi connectivity index (χ0v) is 10.9. The number of halogens is 1. The zero-order chi connectivity index (χ0) is 13.2. The number of carbonyl (C=O) groups excluding carboxylic acids is 1. The zero-order valence-electron chi connectivity index (χ0n) is 10.9. The molecule has 17 heavy (non-hydrogen) atoms. The van der Waals surface area contributed by atoms with Crippen molar-refractivity contribution in [2.24, 2.45) is 0 Å². The summed E-state index contributed by atoms with van der Waals surface area (Å²) in [5.41, 5.74) is 0.802. The fourth-order valence-electron chi connectivity index (χ4n) is 1.59. The fraction of sp³-hybridized carbons (Fsp3) is 0.462. The molecule has 0 aliphatic heterocycles. The van der Waals surface area contributed by atoms with Crippen LogP contribution in [0.2, 0.25) is 0 Å². The minimum atomic E-state index is -0.369. The third kappa shape index (κ3) is 2.75. The Hall–Kier alpha value is -1.58. The molecule has 0 aliphatic rings. The summed E-state index contributed by atoms with van der Waals surface area (Å²) in [4.78, 5) is 13.2. The highest BCUT2D eigenvalue weighted by Crippen LogP contribution is 2.28. The van der Waals surface area contributed by atoms with Gasteiger partial charge >= 0.3 is 0 Å². The Labute approximate surface area is 101 Å². The molecule has 0 atom stereocenters. The van der Waals surface area contributed by atoms with Crippen molar-refractivity contribution in [3.63, 3.8) is 0 Å². The Morgan fingerprint density at radius 2 is 1.94 bits per heavy atom. The standard InChI is InChI=1S/C13H18FNO2/c1-8(2)9-7-12(17-5)10(6-11(9)14)13(16)15(3)4/h6-8H,1-5H3. The van der Waals surface area contributed by atoms with Gasteiger partial charge in [-0.2, -0.15) is 0 Å². The lowest BCUT2D eigenvalue weighted by Crippen LogP contribution is -2.22. The van der Waals surface area contributed by atoms with E-state index in [1.165, 1.54) is 18.1 Å². The fourth-order valence-corrected chi connectivity index (χ4v) is 1.59. The summed E-state index contributed by atoms with van der Waals surface area (Å²) >= 11 is 0. The Balaban J connectivity index is 3.33. The highest BCUT2D eigenvalue weighted by atomic mass is 19.1. The first kappa shape index (κ1) is 13.5. The molecule has 0 bridgehead atoms. The van der Waals surface area contributed by atoms with Gasteiger partial charge in [-0.3, -0.25) is 4.79 Å². The summed E-state index contributed by atoms with van der Waals surface area (Å²) in [6.45, 7) is 3.79. The second kappa shape index (κ2) is 5.17. The lowest BCUT2D eigenvalue weighted by molar-refractivity contribution is 0.0823. The summed E-state index contributed by atoms with van der Waals surface area (Å²) in [5, 5.41) is 0. The number of nitrogens with zero attached hydrogens (tertiary/aromatic N) is 1. The van der Waals surface area contributed by atoms with Crippen molar-refractivity contribution in [2.75, 3.05) is 21.2 Å². The van der Waals surface area contributed by atoms with Gasteiger partial charge in [0.1, 0.15) is 11.6 Å². The minimum Gasteiger partial charge on any atom is -0.496 e. The number of hydrogen-bond donors (Lipinski definition) is 0. The Morgan fingerprint density at radius 1 is 1.35 bits per heavy atom. The van der Waals surface area contributed by atoms with E-state index in [2.05, 4.69) is 0 Å². The molecule has 1 rings (SSSR count). The van der Waals surface area contributed by atoms with Crippen LogP contribution in [0.25, 0.3) is 0 Å². The Kier molecular flexibility index (Phi) is 4.10. The van der Waals surface area contributed by atoms with E-state index in [1.54, 1.807) is 20.2 Å². The van der Waals surface area contributed by atoms with Crippen LogP contribution in [0.3, 0.4) is 0 Å². The molecule has 94 valence electrons. The van der Waals surface area contributed by atoms with E-state index in [0.29, 0.717) is 11.3 Å². The van der Waals surface area contributed by atoms with Crippen LogP contribution in [0.4, 0.5) is 4.39 Å². The first-order chi connectivity index (χ1) is 7.88. The molecule has 3 nitrogen and oxygen atoms in total. The van der Waals surface area contributed by atoms with Gasteiger partial charge < -0.3 is 9.64 Å². The average molecular weight is 239 g/mol. The molecule has 0 radical (unpaired) electrons. The number of amides is 1. The summed E-state index contributed by atoms with van der Waals surface area (Å²) in [5.74, 6) is -0.178. The van der Waals surface area contributed by atoms with Crippen LogP contribution >= 0.6 is 0 Å². The van der Waals surface area contributed by atoms with Gasteiger partial charge in [-0.1, -0.05) is 13.8 Å². The molecular weight excluding hydrogens is 221 g/mol. The van der Waals surface area contributed by atoms with E-state index < -0.39 is 0 Å². The smallest absolute Gasteiger partial charge is 0.257 e. The maximum absolute atomic E-state index is 13.8. The predicted molar refractivity (Wildman–Crippen MR) is 65.1 cm³/mol. The van der Waals surface area contributed by atoms with E-state index in [1.807, 2.05) is 13.8 Å². The summed E-state index contributed by atoms with van der Waals surface area (Å²) in [6.07, 6.45) is 0. The molecular formula is C13H18FNO2. The minimum absolute atomic E-state index is 0.0485. The molecule has 0 unspecified atom stereocenters. The maximum Gasteiger partial charge on any atom is 0.257 e. The van der Waals surface area contributed by atoms with Crippen LogP contribution in [-0.4, -0.2) is 32.0 Å². The van der Waals surface area contributed by atoms with Crippen LogP contribution in [0.15, 0.2) is 12.1 Å². The van der Waals surface area contributed by atoms with E-state index in [4.69, 9.17) is 4.74 Å². The van der Waals surface area contributed by atoms with Crippen molar-refractivity contribution >= 4 is 5.91 Å². The molecule has 0 aromatic heterocycles. The molecule has 0 heterocycles. The first-order valence-corrected chi connectivity index (χ1v) is 5.47. The van der Waals surface area contributed by atoms with Gasteiger partial charge in [0.05, 0.1) is 12.7 Å². The molecule has 0 saturated carbocycles. The highest BCUT2D eigenvalue weighted by Gasteiger charge is 2.19. The summed E-state index contributed by atoms with van der Waals surface area (Å²) < 4.78 is 19.0. The number of methoxy groups -OCH3 is 1. The van der Waals surface area contributed by atoms with E-state index >= 15 is 0 Å². The van der Waals surface area contributed by atoms with Gasteiger partial charge in [0.2, 0.25) is 0 Å². The third-order valence-electron chi connectivity index (χ3n) is 2.58. The van der Waals surface area contributed by atoms with Crippen LogP contribution in [-0.2, 0) is 0 Å². The lowest BCUT2D eigenvalue weighted by atomic mass is 9.99. The first-order valence-electron chi connectivity index (χ1n) is 5.47. The quantitative estimate of drug-likeness (QED) is 0.811. The highest BCUT2D eigenvalue weighted by molar-refractivity contribution is 5.96. The normalized spacial score (nSPS) is 10.5. The topological polar surface area (TPSA) is 29.5 Å². The Morgan fingerprint density at radius 3 is 2.35 bits per heavy atom. The molecule has 0 aliphatic carbocycles. The molecule has 1 aromatic rings. The van der Waals surface area contributed by atoms with Crippen LogP contribution in [0.1, 0.15) is 35.7 Å². The van der Waals surface area contributed by atoms with Gasteiger partial charge in [0.15, 0.2) is 0 Å². The number of ether oxygens (including phenoxy) is 1. The number of carbonyl (C=O) groups is 1. The van der Waals surface area contributed by atoms with E-state index in [0.717, 1.165) is 0 Å². The third-order valence-corrected chi connectivity index (χ3v) is 2.58. The monoisotopic (exact) mass is 239 g/mol. The molecule has 4 heteroatoms. The molecule has 0 fully saturated rings. The van der Waals surface area contributed by atoms with Gasteiger partial charge in [0, 0.05) is 14.1 Å². The number of benzene rings is 1. The van der Waals surface area contributed by atoms with Crippen molar-refractivity contribution in [2.45, 2.75) is 19.8 Å². The summed E-state index contributed by atoms with van der Waals surface area (Å²) in [6, 6.07) is 2.84. The van der Waals surface area contributed by atoms with E-state index in [-0.39, 0.29) is 23.2 Å². The molecule has 1 amide bonds. The van der Waals surface area contributed by atoms with Crippen LogP contribution < -0.4 is 4.74 Å². The second-order valence-corrected chi connectivity index (χ2v) is 4.43. The van der Waals surface area contributed by atoms with Crippen LogP contribution in [0.5, 0.6) is 5.75 Å². The van der Waals surface area contributed by atoms with Crippen molar-refractivity contribution in [1.82, 2.24) is 4.90 Å². The molecule has 1 aromatic carbocycles. The van der Waals surface area contributed by atoms with Crippen molar-refractivity contribution < 1.29 is 13.9 Å². The van der Waals surface area contributed by atoms with E-state index in [9.17, 15) is 9.18 Å². The number of hydrogen-bond acceptors (Lipinski definition) is 2. The molecule has 0 spiro atoms. The largest absolute Gasteiger partial charge is 0.496 e. The average Bonchev–Trinajstić information content (AvgIpc) is 2.27.